The van der Waals surface area contributed by atoms with Gasteiger partial charge in [-0.1, -0.05) is 12.5 Å². The number of hydrogen-bond acceptors (Lipinski definition) is 4. The number of piperidine rings is 1. The van der Waals surface area contributed by atoms with Crippen molar-refractivity contribution < 1.29 is 14.3 Å². The number of aromatic amines is 1. The molecule has 2 aromatic carbocycles. The molecule has 174 valence electrons. The van der Waals surface area contributed by atoms with E-state index in [4.69, 9.17) is 4.74 Å². The second-order valence-electron chi connectivity index (χ2n) is 8.85. The predicted octanol–water partition coefficient (Wildman–Crippen LogP) is 4.55. The third-order valence-electron chi connectivity index (χ3n) is 6.32. The van der Waals surface area contributed by atoms with Crippen LogP contribution >= 0.6 is 12.4 Å². The number of fused-ring (bicyclic) bond motifs is 2. The summed E-state index contributed by atoms with van der Waals surface area (Å²) in [5.74, 6) is 0.267. The molecule has 0 aliphatic carbocycles. The number of carbonyl (C=O) groups excluding carboxylic acids is 2. The summed E-state index contributed by atoms with van der Waals surface area (Å²) in [5, 5.41) is 3.99. The Morgan fingerprint density at radius 1 is 1.09 bits per heavy atom. The van der Waals surface area contributed by atoms with Crippen LogP contribution in [0.5, 0.6) is 5.75 Å². The fourth-order valence-electron chi connectivity index (χ4n) is 4.63. The fraction of sp³-hybridized carbons (Fsp3) is 0.360. The predicted molar refractivity (Wildman–Crippen MR) is 131 cm³/mol. The minimum atomic E-state index is -0.467. The number of rotatable bonds is 4. The fourth-order valence-corrected chi connectivity index (χ4v) is 4.63. The summed E-state index contributed by atoms with van der Waals surface area (Å²) >= 11 is 0. The minimum absolute atomic E-state index is 0. The molecule has 0 radical (unpaired) electrons. The Balaban J connectivity index is 0.00000259. The molecule has 3 aromatic rings. The number of benzene rings is 2. The average molecular weight is 469 g/mol. The van der Waals surface area contributed by atoms with E-state index in [0.29, 0.717) is 23.4 Å². The van der Waals surface area contributed by atoms with Gasteiger partial charge in [-0.2, -0.15) is 0 Å². The molecule has 1 fully saturated rings. The Labute approximate surface area is 199 Å². The summed E-state index contributed by atoms with van der Waals surface area (Å²) in [5.41, 5.74) is 5.32. The van der Waals surface area contributed by atoms with Gasteiger partial charge in [-0.3, -0.25) is 9.69 Å². The second kappa shape index (κ2) is 9.45. The molecule has 1 saturated heterocycles. The van der Waals surface area contributed by atoms with E-state index in [1.54, 1.807) is 20.2 Å². The van der Waals surface area contributed by atoms with Crippen LogP contribution in [0.2, 0.25) is 0 Å². The van der Waals surface area contributed by atoms with Crippen molar-refractivity contribution in [3.63, 3.8) is 0 Å². The third kappa shape index (κ3) is 4.56. The molecule has 2 N–H and O–H groups in total. The van der Waals surface area contributed by atoms with Gasteiger partial charge in [-0.15, -0.1) is 12.4 Å². The summed E-state index contributed by atoms with van der Waals surface area (Å²) in [6.07, 6.45) is 3.43. The van der Waals surface area contributed by atoms with Crippen molar-refractivity contribution in [2.45, 2.75) is 32.4 Å². The van der Waals surface area contributed by atoms with Crippen LogP contribution in [-0.2, 0) is 13.1 Å². The molecular weight excluding hydrogens is 440 g/mol. The lowest BCUT2D eigenvalue weighted by Crippen LogP contribution is -2.28. The zero-order chi connectivity index (χ0) is 22.2. The van der Waals surface area contributed by atoms with Gasteiger partial charge in [0.1, 0.15) is 5.75 Å². The van der Waals surface area contributed by atoms with Crippen molar-refractivity contribution in [1.82, 2.24) is 20.1 Å². The molecule has 7 nitrogen and oxygen atoms in total. The van der Waals surface area contributed by atoms with Gasteiger partial charge in [0.15, 0.2) is 0 Å². The number of hydrogen-bond donors (Lipinski definition) is 2. The van der Waals surface area contributed by atoms with Gasteiger partial charge in [-0.05, 0) is 61.8 Å². The number of nitrogens with one attached hydrogen (secondary N) is 2. The largest absolute Gasteiger partial charge is 0.414 e. The van der Waals surface area contributed by atoms with Crippen molar-refractivity contribution >= 4 is 35.3 Å². The molecule has 3 heterocycles. The quantitative estimate of drug-likeness (QED) is 0.589. The molecule has 5 rings (SSSR count). The van der Waals surface area contributed by atoms with Gasteiger partial charge in [0.05, 0.1) is 5.56 Å². The van der Waals surface area contributed by atoms with Crippen molar-refractivity contribution in [1.29, 1.82) is 0 Å². The standard InChI is InChI=1S/C25H28N4O3.ClH/c1-28(2)25(31)32-22-9-7-18(23-19(22)14-26-24(23)30)21-13-17-12-16(6-8-20(17)27-21)15-29-10-4-3-5-11-29;/h6-9,12-13,27H,3-5,10-11,14-15H2,1-2H3,(H,26,30);1H. The van der Waals surface area contributed by atoms with Crippen LogP contribution in [0.15, 0.2) is 36.4 Å². The summed E-state index contributed by atoms with van der Waals surface area (Å²) < 4.78 is 5.48. The van der Waals surface area contributed by atoms with Crippen LogP contribution in [0.4, 0.5) is 4.79 Å². The van der Waals surface area contributed by atoms with Crippen molar-refractivity contribution in [3.05, 3.63) is 53.1 Å². The smallest absolute Gasteiger partial charge is 0.410 e. The van der Waals surface area contributed by atoms with Crippen LogP contribution < -0.4 is 10.1 Å². The van der Waals surface area contributed by atoms with E-state index in [1.165, 1.54) is 42.8 Å². The zero-order valence-corrected chi connectivity index (χ0v) is 19.8. The Hall–Kier alpha value is -3.03. The van der Waals surface area contributed by atoms with Crippen LogP contribution in [0, 0.1) is 0 Å². The van der Waals surface area contributed by atoms with Crippen molar-refractivity contribution in [3.8, 4) is 17.0 Å². The first-order valence-corrected chi connectivity index (χ1v) is 11.2. The molecule has 33 heavy (non-hydrogen) atoms. The molecule has 8 heteroatoms. The molecule has 0 unspecified atom stereocenters. The van der Waals surface area contributed by atoms with E-state index in [-0.39, 0.29) is 18.3 Å². The normalized spacial score (nSPS) is 15.6. The molecular formula is C25H29ClN4O3. The minimum Gasteiger partial charge on any atom is -0.410 e. The van der Waals surface area contributed by atoms with Gasteiger partial charge in [0, 0.05) is 54.9 Å². The molecule has 0 spiro atoms. The van der Waals surface area contributed by atoms with E-state index in [0.717, 1.165) is 28.7 Å². The first-order valence-electron chi connectivity index (χ1n) is 11.2. The summed E-state index contributed by atoms with van der Waals surface area (Å²) in [4.78, 5) is 32.0. The number of halogens is 1. The molecule has 0 saturated carbocycles. The van der Waals surface area contributed by atoms with E-state index in [9.17, 15) is 9.59 Å². The van der Waals surface area contributed by atoms with Gasteiger partial charge in [0.25, 0.3) is 5.91 Å². The number of aromatic nitrogens is 1. The highest BCUT2D eigenvalue weighted by atomic mass is 35.5. The molecule has 0 bridgehead atoms. The van der Waals surface area contributed by atoms with Gasteiger partial charge < -0.3 is 19.9 Å². The average Bonchev–Trinajstić information content (AvgIpc) is 3.38. The number of H-pyrrole nitrogens is 1. The molecule has 0 atom stereocenters. The number of likely N-dealkylation sites (tertiary alicyclic amines) is 1. The molecule has 2 amide bonds. The zero-order valence-electron chi connectivity index (χ0n) is 18.9. The first-order chi connectivity index (χ1) is 15.5. The number of nitrogens with zero attached hydrogens (tertiary/aromatic N) is 2. The first kappa shape index (κ1) is 23.1. The molecule has 1 aromatic heterocycles. The Bertz CT molecular complexity index is 1200. The van der Waals surface area contributed by atoms with Crippen LogP contribution in [0.25, 0.3) is 22.2 Å². The van der Waals surface area contributed by atoms with Crippen molar-refractivity contribution in [2.24, 2.45) is 0 Å². The lowest BCUT2D eigenvalue weighted by atomic mass is 9.99. The maximum Gasteiger partial charge on any atom is 0.414 e. The van der Waals surface area contributed by atoms with E-state index < -0.39 is 6.09 Å². The van der Waals surface area contributed by atoms with E-state index in [2.05, 4.69) is 39.5 Å². The Morgan fingerprint density at radius 3 is 2.64 bits per heavy atom. The molecule has 2 aliphatic rings. The second-order valence-corrected chi connectivity index (χ2v) is 8.85. The monoisotopic (exact) mass is 468 g/mol. The number of amides is 2. The SMILES string of the molecule is CN(C)C(=O)Oc1ccc(-c2cc3cc(CN4CCCCC4)ccc3[nH]2)c2c1CNC2=O.Cl. The highest BCUT2D eigenvalue weighted by Crippen LogP contribution is 2.36. The Morgan fingerprint density at radius 2 is 1.88 bits per heavy atom. The van der Waals surface area contributed by atoms with E-state index in [1.807, 2.05) is 6.07 Å². The summed E-state index contributed by atoms with van der Waals surface area (Å²) in [6.45, 7) is 3.66. The van der Waals surface area contributed by atoms with Crippen LogP contribution in [-0.4, -0.2) is 54.0 Å². The van der Waals surface area contributed by atoms with Crippen molar-refractivity contribution in [2.75, 3.05) is 27.2 Å². The molecule has 2 aliphatic heterocycles. The lowest BCUT2D eigenvalue weighted by Gasteiger charge is -2.26. The maximum absolute atomic E-state index is 12.6. The van der Waals surface area contributed by atoms with Crippen LogP contribution in [0.1, 0.15) is 40.7 Å². The van der Waals surface area contributed by atoms with Gasteiger partial charge in [-0.25, -0.2) is 4.79 Å². The summed E-state index contributed by atoms with van der Waals surface area (Å²) in [7, 11) is 3.26. The van der Waals surface area contributed by atoms with Crippen LogP contribution in [0.3, 0.4) is 0 Å². The maximum atomic E-state index is 12.6. The van der Waals surface area contributed by atoms with Gasteiger partial charge in [0.2, 0.25) is 0 Å². The summed E-state index contributed by atoms with van der Waals surface area (Å²) in [6, 6.07) is 12.2. The lowest BCUT2D eigenvalue weighted by molar-refractivity contribution is 0.0966. The third-order valence-corrected chi connectivity index (χ3v) is 6.32. The van der Waals surface area contributed by atoms with Gasteiger partial charge >= 0.3 is 6.09 Å². The Kier molecular flexibility index (Phi) is 6.63. The van der Waals surface area contributed by atoms with E-state index >= 15 is 0 Å². The topological polar surface area (TPSA) is 77.7 Å². The number of ether oxygens (including phenoxy) is 1. The number of carbonyl (C=O) groups is 2. The highest BCUT2D eigenvalue weighted by Gasteiger charge is 2.28. The highest BCUT2D eigenvalue weighted by molar-refractivity contribution is 6.06.